The molecule has 1 saturated heterocycles. The lowest BCUT2D eigenvalue weighted by Crippen LogP contribution is -2.49. The Morgan fingerprint density at radius 1 is 1.06 bits per heavy atom. The van der Waals surface area contributed by atoms with Crippen molar-refractivity contribution in [2.24, 2.45) is 0 Å². The van der Waals surface area contributed by atoms with Crippen LogP contribution in [0, 0.1) is 12.7 Å². The molecule has 0 saturated carbocycles. The SMILES string of the molecule is CCn1c(C)cc(O)c([C@H](c2cccc(Cl)c2)N2CCN(c3ccccc3F)CC2)c1=O. The van der Waals surface area contributed by atoms with E-state index in [4.69, 9.17) is 11.6 Å². The molecule has 5 nitrogen and oxygen atoms in total. The van der Waals surface area contributed by atoms with Gasteiger partial charge < -0.3 is 14.6 Å². The van der Waals surface area contributed by atoms with Crippen molar-refractivity contribution >= 4 is 17.3 Å². The predicted octanol–water partition coefficient (Wildman–Crippen LogP) is 4.59. The third-order valence-corrected chi connectivity index (χ3v) is 6.38. The molecule has 168 valence electrons. The second-order valence-electron chi connectivity index (χ2n) is 8.07. The number of anilines is 1. The van der Waals surface area contributed by atoms with Crippen LogP contribution >= 0.6 is 11.6 Å². The fourth-order valence-electron chi connectivity index (χ4n) is 4.58. The molecule has 0 spiro atoms. The summed E-state index contributed by atoms with van der Waals surface area (Å²) >= 11 is 6.29. The highest BCUT2D eigenvalue weighted by Gasteiger charge is 2.32. The van der Waals surface area contributed by atoms with Crippen molar-refractivity contribution < 1.29 is 9.50 Å². The number of piperazine rings is 1. The Morgan fingerprint density at radius 2 is 1.78 bits per heavy atom. The number of rotatable bonds is 5. The molecule has 1 fully saturated rings. The first kappa shape index (κ1) is 22.4. The highest BCUT2D eigenvalue weighted by Crippen LogP contribution is 2.35. The quantitative estimate of drug-likeness (QED) is 0.611. The number of aromatic nitrogens is 1. The van der Waals surface area contributed by atoms with Gasteiger partial charge in [0.2, 0.25) is 0 Å². The number of pyridine rings is 1. The zero-order chi connectivity index (χ0) is 22.8. The van der Waals surface area contributed by atoms with E-state index >= 15 is 0 Å². The molecule has 0 bridgehead atoms. The second kappa shape index (κ2) is 9.35. The average molecular weight is 456 g/mol. The van der Waals surface area contributed by atoms with Crippen LogP contribution in [0.25, 0.3) is 0 Å². The number of aryl methyl sites for hydroxylation is 1. The van der Waals surface area contributed by atoms with Crippen molar-refractivity contribution in [2.45, 2.75) is 26.4 Å². The van der Waals surface area contributed by atoms with Crippen LogP contribution in [-0.2, 0) is 6.54 Å². The fraction of sp³-hybridized carbons (Fsp3) is 0.320. The molecular weight excluding hydrogens is 429 g/mol. The zero-order valence-corrected chi connectivity index (χ0v) is 19.0. The Kier molecular flexibility index (Phi) is 6.53. The standard InChI is InChI=1S/C25H27ClFN3O2/c1-3-30-17(2)15-22(31)23(25(30)32)24(18-7-6-8-19(26)16-18)29-13-11-28(12-14-29)21-10-5-4-9-20(21)27/h4-10,15-16,24,31H,3,11-14H2,1-2H3/t24-/m0/s1. The lowest BCUT2D eigenvalue weighted by Gasteiger charge is -2.40. The first-order valence-corrected chi connectivity index (χ1v) is 11.2. The summed E-state index contributed by atoms with van der Waals surface area (Å²) in [6, 6.07) is 15.4. The summed E-state index contributed by atoms with van der Waals surface area (Å²) in [5.41, 5.74) is 2.28. The molecule has 1 aliphatic heterocycles. The number of halogens is 2. The van der Waals surface area contributed by atoms with Gasteiger partial charge in [0.25, 0.3) is 5.56 Å². The van der Waals surface area contributed by atoms with Crippen LogP contribution in [0.15, 0.2) is 59.4 Å². The summed E-state index contributed by atoms with van der Waals surface area (Å²) in [4.78, 5) is 17.6. The lowest BCUT2D eigenvalue weighted by molar-refractivity contribution is 0.207. The summed E-state index contributed by atoms with van der Waals surface area (Å²) in [5, 5.41) is 11.4. The fourth-order valence-corrected chi connectivity index (χ4v) is 4.78. The Morgan fingerprint density at radius 3 is 2.44 bits per heavy atom. The van der Waals surface area contributed by atoms with E-state index in [1.54, 1.807) is 28.8 Å². The van der Waals surface area contributed by atoms with Crippen molar-refractivity contribution in [3.63, 3.8) is 0 Å². The van der Waals surface area contributed by atoms with Gasteiger partial charge in [-0.3, -0.25) is 9.69 Å². The summed E-state index contributed by atoms with van der Waals surface area (Å²) in [6.07, 6.45) is 0. The number of hydrogen-bond acceptors (Lipinski definition) is 4. The van der Waals surface area contributed by atoms with Crippen LogP contribution in [0.1, 0.15) is 29.8 Å². The van der Waals surface area contributed by atoms with Crippen molar-refractivity contribution in [3.05, 3.63) is 92.6 Å². The molecule has 32 heavy (non-hydrogen) atoms. The Balaban J connectivity index is 1.73. The molecule has 1 N–H and O–H groups in total. The van der Waals surface area contributed by atoms with E-state index in [2.05, 4.69) is 4.90 Å². The highest BCUT2D eigenvalue weighted by atomic mass is 35.5. The number of hydrogen-bond donors (Lipinski definition) is 1. The smallest absolute Gasteiger partial charge is 0.259 e. The van der Waals surface area contributed by atoms with Crippen LogP contribution in [0.2, 0.25) is 5.02 Å². The first-order valence-electron chi connectivity index (χ1n) is 10.8. The van der Waals surface area contributed by atoms with E-state index in [1.165, 1.54) is 6.07 Å². The topological polar surface area (TPSA) is 48.7 Å². The highest BCUT2D eigenvalue weighted by molar-refractivity contribution is 6.30. The van der Waals surface area contributed by atoms with Crippen LogP contribution in [0.5, 0.6) is 5.75 Å². The van der Waals surface area contributed by atoms with Gasteiger partial charge >= 0.3 is 0 Å². The van der Waals surface area contributed by atoms with E-state index < -0.39 is 6.04 Å². The van der Waals surface area contributed by atoms with Gasteiger partial charge in [0.15, 0.2) is 0 Å². The summed E-state index contributed by atoms with van der Waals surface area (Å²) < 4.78 is 16.0. The van der Waals surface area contributed by atoms with Gasteiger partial charge in [0, 0.05) is 43.4 Å². The van der Waals surface area contributed by atoms with Gasteiger partial charge in [-0.05, 0) is 49.7 Å². The maximum Gasteiger partial charge on any atom is 0.259 e. The van der Waals surface area contributed by atoms with Gasteiger partial charge in [-0.25, -0.2) is 4.39 Å². The summed E-state index contributed by atoms with van der Waals surface area (Å²) in [5.74, 6) is -0.256. The lowest BCUT2D eigenvalue weighted by atomic mass is 9.96. The molecule has 2 aromatic carbocycles. The molecule has 0 radical (unpaired) electrons. The predicted molar refractivity (Wildman–Crippen MR) is 126 cm³/mol. The number of nitrogens with zero attached hydrogens (tertiary/aromatic N) is 3. The van der Waals surface area contributed by atoms with Gasteiger partial charge in [0.1, 0.15) is 11.6 Å². The largest absolute Gasteiger partial charge is 0.507 e. The molecule has 4 rings (SSSR count). The molecule has 0 unspecified atom stereocenters. The van der Waals surface area contributed by atoms with Crippen molar-refractivity contribution in [2.75, 3.05) is 31.1 Å². The molecule has 0 amide bonds. The minimum absolute atomic E-state index is 0.0151. The first-order chi connectivity index (χ1) is 15.4. The third kappa shape index (κ3) is 4.25. The van der Waals surface area contributed by atoms with E-state index in [1.807, 2.05) is 43.0 Å². The molecule has 0 aliphatic carbocycles. The Bertz CT molecular complexity index is 1170. The van der Waals surface area contributed by atoms with E-state index in [-0.39, 0.29) is 17.1 Å². The molecular formula is C25H27ClFN3O2. The van der Waals surface area contributed by atoms with Crippen LogP contribution in [0.3, 0.4) is 0 Å². The number of benzene rings is 2. The van der Waals surface area contributed by atoms with Crippen molar-refractivity contribution in [1.82, 2.24) is 9.47 Å². The van der Waals surface area contributed by atoms with Gasteiger partial charge in [-0.15, -0.1) is 0 Å². The Labute approximate surface area is 192 Å². The van der Waals surface area contributed by atoms with Crippen molar-refractivity contribution in [1.29, 1.82) is 0 Å². The maximum absolute atomic E-state index is 14.3. The molecule has 3 aromatic rings. The monoisotopic (exact) mass is 455 g/mol. The van der Waals surface area contributed by atoms with Gasteiger partial charge in [-0.2, -0.15) is 0 Å². The number of para-hydroxylation sites is 1. The zero-order valence-electron chi connectivity index (χ0n) is 18.3. The van der Waals surface area contributed by atoms with E-state index in [9.17, 15) is 14.3 Å². The maximum atomic E-state index is 14.3. The summed E-state index contributed by atoms with van der Waals surface area (Å²) in [6.45, 7) is 6.65. The molecule has 7 heteroatoms. The molecule has 2 heterocycles. The van der Waals surface area contributed by atoms with E-state index in [0.29, 0.717) is 54.7 Å². The minimum atomic E-state index is -0.456. The minimum Gasteiger partial charge on any atom is -0.507 e. The molecule has 1 aliphatic rings. The average Bonchev–Trinajstić information content (AvgIpc) is 2.77. The van der Waals surface area contributed by atoms with Crippen molar-refractivity contribution in [3.8, 4) is 5.75 Å². The van der Waals surface area contributed by atoms with Gasteiger partial charge in [-0.1, -0.05) is 35.9 Å². The van der Waals surface area contributed by atoms with E-state index in [0.717, 1.165) is 5.56 Å². The van der Waals surface area contributed by atoms with Gasteiger partial charge in [0.05, 0.1) is 17.3 Å². The van der Waals surface area contributed by atoms with Crippen LogP contribution < -0.4 is 10.5 Å². The van der Waals surface area contributed by atoms with Crippen LogP contribution in [-0.4, -0.2) is 40.8 Å². The Hall–Kier alpha value is -2.83. The molecule has 1 aromatic heterocycles. The molecule has 1 atom stereocenters. The van der Waals surface area contributed by atoms with Crippen LogP contribution in [0.4, 0.5) is 10.1 Å². The second-order valence-corrected chi connectivity index (χ2v) is 8.50. The third-order valence-electron chi connectivity index (χ3n) is 6.15. The normalized spacial score (nSPS) is 15.7. The summed E-state index contributed by atoms with van der Waals surface area (Å²) in [7, 11) is 0. The number of aromatic hydroxyl groups is 1.